The summed E-state index contributed by atoms with van der Waals surface area (Å²) in [6.07, 6.45) is 6.49. The number of thiophene rings is 1. The van der Waals surface area contributed by atoms with Gasteiger partial charge >= 0.3 is 12.0 Å². The Hall–Kier alpha value is -4.58. The number of nitrogens with one attached hydrogen (secondary N) is 2. The summed E-state index contributed by atoms with van der Waals surface area (Å²) in [6.45, 7) is 3.00. The standard InChI is InChI=1S/C31H30FN5O5S/c1-2-41-30(39)19-4-3-13-37(17-19)29(38)18-5-9-23(34-16-18)27-15-24-28(43-27)26(11-12-33-24)42-25-10-8-21(14-22(25)32)36-31(40)35-20-6-7-20/h5,8-12,14-16,19-20H,2-4,6-7,13,17H2,1H3,(H2,35,36,40). The van der Waals surface area contributed by atoms with Crippen LogP contribution >= 0.6 is 11.3 Å². The Kier molecular flexibility index (Phi) is 8.19. The fourth-order valence-corrected chi connectivity index (χ4v) is 5.99. The van der Waals surface area contributed by atoms with Crippen molar-refractivity contribution >= 4 is 45.1 Å². The van der Waals surface area contributed by atoms with E-state index in [0.29, 0.717) is 59.0 Å². The Bertz CT molecular complexity index is 1670. The van der Waals surface area contributed by atoms with Gasteiger partial charge in [0.05, 0.1) is 38.9 Å². The van der Waals surface area contributed by atoms with Crippen molar-refractivity contribution in [3.8, 4) is 22.1 Å². The number of pyridine rings is 2. The number of anilines is 1. The fourth-order valence-electron chi connectivity index (χ4n) is 4.94. The van der Waals surface area contributed by atoms with Crippen LogP contribution in [0.2, 0.25) is 0 Å². The molecule has 0 spiro atoms. The van der Waals surface area contributed by atoms with Crippen molar-refractivity contribution in [3.05, 3.63) is 66.2 Å². The summed E-state index contributed by atoms with van der Waals surface area (Å²) in [5.41, 5.74) is 2.08. The van der Waals surface area contributed by atoms with E-state index < -0.39 is 5.82 Å². The number of benzene rings is 1. The molecule has 12 heteroatoms. The first-order chi connectivity index (χ1) is 20.9. The molecule has 3 amide bonds. The van der Waals surface area contributed by atoms with Gasteiger partial charge in [-0.1, -0.05) is 0 Å². The highest BCUT2D eigenvalue weighted by Gasteiger charge is 2.30. The molecule has 2 N–H and O–H groups in total. The molecule has 1 aliphatic heterocycles. The Morgan fingerprint density at radius 1 is 1.07 bits per heavy atom. The van der Waals surface area contributed by atoms with Gasteiger partial charge in [-0.3, -0.25) is 19.6 Å². The number of nitrogens with zero attached hydrogens (tertiary/aromatic N) is 3. The Morgan fingerprint density at radius 3 is 2.67 bits per heavy atom. The average molecular weight is 604 g/mol. The molecule has 2 fully saturated rings. The number of carbonyl (C=O) groups is 3. The molecular weight excluding hydrogens is 573 g/mol. The molecular formula is C31H30FN5O5S. The molecule has 10 nitrogen and oxygen atoms in total. The molecule has 43 heavy (non-hydrogen) atoms. The largest absolute Gasteiger partial charge is 0.466 e. The van der Waals surface area contributed by atoms with Crippen molar-refractivity contribution in [2.45, 2.75) is 38.6 Å². The molecule has 2 aliphatic rings. The second kappa shape index (κ2) is 12.3. The van der Waals surface area contributed by atoms with Gasteiger partial charge in [-0.2, -0.15) is 0 Å². The highest BCUT2D eigenvalue weighted by atomic mass is 32.1. The summed E-state index contributed by atoms with van der Waals surface area (Å²) in [5.74, 6) is -0.919. The third-order valence-corrected chi connectivity index (χ3v) is 8.45. The molecule has 1 unspecified atom stereocenters. The normalized spacial score (nSPS) is 16.5. The van der Waals surface area contributed by atoms with Crippen molar-refractivity contribution in [2.75, 3.05) is 25.0 Å². The minimum Gasteiger partial charge on any atom is -0.466 e. The average Bonchev–Trinajstić information content (AvgIpc) is 3.71. The Balaban J connectivity index is 1.15. The van der Waals surface area contributed by atoms with Crippen LogP contribution in [0, 0.1) is 11.7 Å². The van der Waals surface area contributed by atoms with Gasteiger partial charge in [-0.25, -0.2) is 9.18 Å². The lowest BCUT2D eigenvalue weighted by molar-refractivity contribution is -0.149. The lowest BCUT2D eigenvalue weighted by atomic mass is 9.97. The molecule has 4 heterocycles. The van der Waals surface area contributed by atoms with E-state index in [1.54, 1.807) is 42.3 Å². The highest BCUT2D eigenvalue weighted by molar-refractivity contribution is 7.22. The molecule has 4 aromatic rings. The SMILES string of the molecule is CCOC(=O)C1CCCN(C(=O)c2ccc(-c3cc4nccc(Oc5ccc(NC(=O)NC6CC6)cc5F)c4s3)nc2)C1. The number of fused-ring (bicyclic) bond motifs is 1. The minimum atomic E-state index is -0.616. The number of hydrogen-bond donors (Lipinski definition) is 2. The molecule has 0 radical (unpaired) electrons. The maximum Gasteiger partial charge on any atom is 0.319 e. The van der Waals surface area contributed by atoms with Crippen LogP contribution in [0.5, 0.6) is 11.5 Å². The zero-order valence-electron chi connectivity index (χ0n) is 23.5. The summed E-state index contributed by atoms with van der Waals surface area (Å²) in [4.78, 5) is 48.7. The minimum absolute atomic E-state index is 0.0134. The van der Waals surface area contributed by atoms with Crippen molar-refractivity contribution < 1.29 is 28.2 Å². The lowest BCUT2D eigenvalue weighted by Gasteiger charge is -2.31. The van der Waals surface area contributed by atoms with Gasteiger partial charge in [0.25, 0.3) is 5.91 Å². The van der Waals surface area contributed by atoms with Crippen LogP contribution in [0.3, 0.4) is 0 Å². The number of halogens is 1. The van der Waals surface area contributed by atoms with Crippen LogP contribution in [0.15, 0.2) is 54.9 Å². The fraction of sp³-hybridized carbons (Fsp3) is 0.323. The number of amides is 3. The van der Waals surface area contributed by atoms with Crippen molar-refractivity contribution in [3.63, 3.8) is 0 Å². The van der Waals surface area contributed by atoms with E-state index >= 15 is 0 Å². The summed E-state index contributed by atoms with van der Waals surface area (Å²) in [5, 5.41) is 5.43. The lowest BCUT2D eigenvalue weighted by Crippen LogP contribution is -2.42. The molecule has 1 atom stereocenters. The Morgan fingerprint density at radius 2 is 1.93 bits per heavy atom. The second-order valence-electron chi connectivity index (χ2n) is 10.5. The number of ether oxygens (including phenoxy) is 2. The molecule has 0 bridgehead atoms. The van der Waals surface area contributed by atoms with Crippen LogP contribution in [-0.2, 0) is 9.53 Å². The summed E-state index contributed by atoms with van der Waals surface area (Å²) >= 11 is 1.39. The molecule has 6 rings (SSSR count). The first-order valence-corrected chi connectivity index (χ1v) is 15.1. The first-order valence-electron chi connectivity index (χ1n) is 14.2. The van der Waals surface area contributed by atoms with E-state index in [4.69, 9.17) is 9.47 Å². The van der Waals surface area contributed by atoms with Crippen LogP contribution in [-0.4, -0.2) is 58.5 Å². The molecule has 1 aromatic carbocycles. The van der Waals surface area contributed by atoms with E-state index in [0.717, 1.165) is 24.1 Å². The van der Waals surface area contributed by atoms with Crippen molar-refractivity contribution in [1.29, 1.82) is 0 Å². The molecule has 222 valence electrons. The summed E-state index contributed by atoms with van der Waals surface area (Å²) < 4.78 is 26.7. The van der Waals surface area contributed by atoms with Crippen molar-refractivity contribution in [1.82, 2.24) is 20.2 Å². The van der Waals surface area contributed by atoms with Crippen LogP contribution in [0.1, 0.15) is 43.0 Å². The van der Waals surface area contributed by atoms with Gasteiger partial charge in [0.15, 0.2) is 11.6 Å². The monoisotopic (exact) mass is 603 g/mol. The zero-order valence-corrected chi connectivity index (χ0v) is 24.3. The predicted molar refractivity (Wildman–Crippen MR) is 160 cm³/mol. The number of hydrogen-bond acceptors (Lipinski definition) is 8. The summed E-state index contributed by atoms with van der Waals surface area (Å²) in [7, 11) is 0. The topological polar surface area (TPSA) is 123 Å². The molecule has 1 saturated heterocycles. The maximum atomic E-state index is 14.9. The third kappa shape index (κ3) is 6.59. The van der Waals surface area contributed by atoms with Crippen LogP contribution in [0.4, 0.5) is 14.9 Å². The van der Waals surface area contributed by atoms with Gasteiger partial charge in [0, 0.05) is 49.3 Å². The number of carbonyl (C=O) groups excluding carboxylic acids is 3. The van der Waals surface area contributed by atoms with Crippen LogP contribution < -0.4 is 15.4 Å². The number of piperidine rings is 1. The van der Waals surface area contributed by atoms with E-state index in [-0.39, 0.29) is 35.6 Å². The third-order valence-electron chi connectivity index (χ3n) is 7.29. The van der Waals surface area contributed by atoms with Crippen LogP contribution in [0.25, 0.3) is 20.8 Å². The van der Waals surface area contributed by atoms with Gasteiger partial charge in [-0.05, 0) is 62.9 Å². The van der Waals surface area contributed by atoms with E-state index in [9.17, 15) is 18.8 Å². The predicted octanol–water partition coefficient (Wildman–Crippen LogP) is 5.99. The molecule has 3 aromatic heterocycles. The Labute approximate surface area is 251 Å². The van der Waals surface area contributed by atoms with Gasteiger partial charge in [-0.15, -0.1) is 11.3 Å². The number of likely N-dealkylation sites (tertiary alicyclic amines) is 1. The number of urea groups is 1. The van der Waals surface area contributed by atoms with Gasteiger partial charge in [0.2, 0.25) is 0 Å². The second-order valence-corrected chi connectivity index (χ2v) is 11.6. The van der Waals surface area contributed by atoms with E-state index in [2.05, 4.69) is 20.6 Å². The number of rotatable bonds is 8. The molecule has 1 saturated carbocycles. The number of aromatic nitrogens is 2. The van der Waals surface area contributed by atoms with Gasteiger partial charge in [0.1, 0.15) is 5.75 Å². The molecule has 1 aliphatic carbocycles. The van der Waals surface area contributed by atoms with Gasteiger partial charge < -0.3 is 25.0 Å². The zero-order chi connectivity index (χ0) is 29.9. The highest BCUT2D eigenvalue weighted by Crippen LogP contribution is 2.39. The summed E-state index contributed by atoms with van der Waals surface area (Å²) in [6, 6.07) is 11.1. The van der Waals surface area contributed by atoms with E-state index in [1.807, 2.05) is 6.07 Å². The van der Waals surface area contributed by atoms with Crippen molar-refractivity contribution in [2.24, 2.45) is 5.92 Å². The van der Waals surface area contributed by atoms with E-state index in [1.165, 1.54) is 29.7 Å². The smallest absolute Gasteiger partial charge is 0.319 e. The quantitative estimate of drug-likeness (QED) is 0.237. The maximum absolute atomic E-state index is 14.9. The number of esters is 1. The first kappa shape index (κ1) is 28.5.